The van der Waals surface area contributed by atoms with Gasteiger partial charge in [0, 0.05) is 0 Å². The van der Waals surface area contributed by atoms with Crippen LogP contribution in [0.2, 0.25) is 0 Å². The van der Waals surface area contributed by atoms with Crippen LogP contribution in [0.4, 0.5) is 13.2 Å². The summed E-state index contributed by atoms with van der Waals surface area (Å²) in [5, 5.41) is 7.77. The Labute approximate surface area is 101 Å². The molecule has 0 aliphatic carbocycles. The molecular formula is C11H11F3O2S. The molecule has 1 N–H and O–H groups in total. The van der Waals surface area contributed by atoms with Gasteiger partial charge in [-0.25, -0.2) is 0 Å². The normalized spacial score (nSPS) is 13.4. The third kappa shape index (κ3) is 5.63. The van der Waals surface area contributed by atoms with Crippen LogP contribution in [0.1, 0.15) is 5.56 Å². The molecule has 0 aliphatic rings. The highest BCUT2D eigenvalue weighted by Crippen LogP contribution is 2.26. The predicted octanol–water partition coefficient (Wildman–Crippen LogP) is 2.98. The van der Waals surface area contributed by atoms with Gasteiger partial charge in [-0.15, -0.1) is 11.8 Å². The highest BCUT2D eigenvalue weighted by atomic mass is 32.2. The van der Waals surface area contributed by atoms with Crippen molar-refractivity contribution in [3.05, 3.63) is 35.9 Å². The van der Waals surface area contributed by atoms with Crippen LogP contribution in [-0.2, 0) is 11.2 Å². The Hall–Kier alpha value is -1.17. The molecule has 6 heteroatoms. The van der Waals surface area contributed by atoms with Gasteiger partial charge in [-0.05, 0) is 12.0 Å². The van der Waals surface area contributed by atoms with Crippen molar-refractivity contribution in [1.29, 1.82) is 0 Å². The number of carboxylic acid groups (broad SMARTS) is 1. The third-order valence-electron chi connectivity index (χ3n) is 1.99. The minimum absolute atomic E-state index is 0.0942. The van der Waals surface area contributed by atoms with Gasteiger partial charge in [0.15, 0.2) is 0 Å². The number of aliphatic carboxylic acids is 1. The van der Waals surface area contributed by atoms with Gasteiger partial charge in [0.05, 0.1) is 5.75 Å². The summed E-state index contributed by atoms with van der Waals surface area (Å²) in [5.74, 6) is -2.36. The van der Waals surface area contributed by atoms with E-state index in [1.807, 2.05) is 0 Å². The van der Waals surface area contributed by atoms with Crippen molar-refractivity contribution in [3.63, 3.8) is 0 Å². The molecule has 0 bridgehead atoms. The summed E-state index contributed by atoms with van der Waals surface area (Å²) in [5.41, 5.74) is 0.717. The Morgan fingerprint density at radius 1 is 1.29 bits per heavy atom. The zero-order chi connectivity index (χ0) is 12.9. The van der Waals surface area contributed by atoms with E-state index in [2.05, 4.69) is 0 Å². The molecule has 0 heterocycles. The van der Waals surface area contributed by atoms with Gasteiger partial charge in [-0.1, -0.05) is 30.3 Å². The van der Waals surface area contributed by atoms with Gasteiger partial charge in [0.2, 0.25) is 0 Å². The molecule has 0 fully saturated rings. The molecule has 1 aromatic rings. The maximum Gasteiger partial charge on any atom is 0.397 e. The first-order valence-corrected chi connectivity index (χ1v) is 5.88. The van der Waals surface area contributed by atoms with E-state index in [9.17, 15) is 18.0 Å². The van der Waals surface area contributed by atoms with Crippen molar-refractivity contribution < 1.29 is 23.1 Å². The SMILES string of the molecule is O=C(O)C(Cc1ccccc1)SCC(F)(F)F. The van der Waals surface area contributed by atoms with Crippen LogP contribution in [-0.4, -0.2) is 28.3 Å². The fraction of sp³-hybridized carbons (Fsp3) is 0.364. The number of hydrogen-bond donors (Lipinski definition) is 1. The van der Waals surface area contributed by atoms with Crippen molar-refractivity contribution in [2.24, 2.45) is 0 Å². The van der Waals surface area contributed by atoms with E-state index >= 15 is 0 Å². The number of alkyl halides is 3. The maximum absolute atomic E-state index is 12.0. The van der Waals surface area contributed by atoms with Crippen LogP contribution in [0.3, 0.4) is 0 Å². The lowest BCUT2D eigenvalue weighted by molar-refractivity contribution is -0.136. The van der Waals surface area contributed by atoms with Gasteiger partial charge >= 0.3 is 12.1 Å². The lowest BCUT2D eigenvalue weighted by Gasteiger charge is -2.13. The largest absolute Gasteiger partial charge is 0.480 e. The molecule has 17 heavy (non-hydrogen) atoms. The zero-order valence-corrected chi connectivity index (χ0v) is 9.59. The number of halogens is 3. The molecule has 0 amide bonds. The topological polar surface area (TPSA) is 37.3 Å². The van der Waals surface area contributed by atoms with Crippen LogP contribution >= 0.6 is 11.8 Å². The summed E-state index contributed by atoms with van der Waals surface area (Å²) in [6.45, 7) is 0. The number of thioether (sulfide) groups is 1. The Bertz CT molecular complexity index is 365. The summed E-state index contributed by atoms with van der Waals surface area (Å²) in [6, 6.07) is 8.61. The Kier molecular flexibility index (Phi) is 4.86. The van der Waals surface area contributed by atoms with E-state index < -0.39 is 23.1 Å². The number of carbonyl (C=O) groups is 1. The fourth-order valence-corrected chi connectivity index (χ4v) is 2.08. The van der Waals surface area contributed by atoms with E-state index in [1.54, 1.807) is 30.3 Å². The number of carboxylic acids is 1. The molecule has 0 saturated carbocycles. The van der Waals surface area contributed by atoms with Crippen LogP contribution in [0.15, 0.2) is 30.3 Å². The third-order valence-corrected chi connectivity index (χ3v) is 3.25. The monoisotopic (exact) mass is 264 g/mol. The average molecular weight is 264 g/mol. The molecular weight excluding hydrogens is 253 g/mol. The van der Waals surface area contributed by atoms with Gasteiger partial charge in [0.1, 0.15) is 5.25 Å². The van der Waals surface area contributed by atoms with Crippen LogP contribution < -0.4 is 0 Å². The zero-order valence-electron chi connectivity index (χ0n) is 8.78. The molecule has 1 unspecified atom stereocenters. The molecule has 0 aliphatic heterocycles. The summed E-state index contributed by atoms with van der Waals surface area (Å²) >= 11 is 0.407. The molecule has 0 aromatic heterocycles. The molecule has 0 radical (unpaired) electrons. The lowest BCUT2D eigenvalue weighted by atomic mass is 10.1. The number of rotatable bonds is 5. The number of hydrogen-bond acceptors (Lipinski definition) is 2. The van der Waals surface area contributed by atoms with Crippen molar-refractivity contribution >= 4 is 17.7 Å². The minimum Gasteiger partial charge on any atom is -0.480 e. The van der Waals surface area contributed by atoms with Gasteiger partial charge in [-0.2, -0.15) is 13.2 Å². The minimum atomic E-state index is -4.34. The molecule has 2 nitrogen and oxygen atoms in total. The van der Waals surface area contributed by atoms with E-state index in [-0.39, 0.29) is 6.42 Å². The highest BCUT2D eigenvalue weighted by Gasteiger charge is 2.31. The smallest absolute Gasteiger partial charge is 0.397 e. The second-order valence-corrected chi connectivity index (χ2v) is 4.63. The van der Waals surface area contributed by atoms with Gasteiger partial charge in [-0.3, -0.25) is 4.79 Å². The summed E-state index contributed by atoms with van der Waals surface area (Å²) in [7, 11) is 0. The van der Waals surface area contributed by atoms with E-state index in [0.717, 1.165) is 5.56 Å². The first-order chi connectivity index (χ1) is 7.88. The standard InChI is InChI=1S/C11H11F3O2S/c12-11(13,14)7-17-9(10(15)16)6-8-4-2-1-3-5-8/h1-5,9H,6-7H2,(H,15,16). The van der Waals surface area contributed by atoms with Crippen molar-refractivity contribution in [2.45, 2.75) is 17.8 Å². The van der Waals surface area contributed by atoms with Crippen molar-refractivity contribution in [1.82, 2.24) is 0 Å². The molecule has 1 aromatic carbocycles. The van der Waals surface area contributed by atoms with E-state index in [1.165, 1.54) is 0 Å². The molecule has 94 valence electrons. The van der Waals surface area contributed by atoms with Crippen LogP contribution in [0.25, 0.3) is 0 Å². The maximum atomic E-state index is 12.0. The fourth-order valence-electron chi connectivity index (χ4n) is 1.24. The summed E-state index contributed by atoms with van der Waals surface area (Å²) in [6.07, 6.45) is -4.24. The van der Waals surface area contributed by atoms with Gasteiger partial charge < -0.3 is 5.11 Å². The van der Waals surface area contributed by atoms with Crippen molar-refractivity contribution in [2.75, 3.05) is 5.75 Å². The predicted molar refractivity (Wildman–Crippen MR) is 60.1 cm³/mol. The van der Waals surface area contributed by atoms with Crippen LogP contribution in [0.5, 0.6) is 0 Å². The first-order valence-electron chi connectivity index (χ1n) is 4.83. The second-order valence-electron chi connectivity index (χ2n) is 3.44. The Morgan fingerprint density at radius 2 is 1.88 bits per heavy atom. The Morgan fingerprint density at radius 3 is 2.35 bits per heavy atom. The van der Waals surface area contributed by atoms with Gasteiger partial charge in [0.25, 0.3) is 0 Å². The number of benzene rings is 1. The summed E-state index contributed by atoms with van der Waals surface area (Å²) < 4.78 is 36.0. The molecule has 0 spiro atoms. The van der Waals surface area contributed by atoms with Crippen molar-refractivity contribution in [3.8, 4) is 0 Å². The van der Waals surface area contributed by atoms with E-state index in [0.29, 0.717) is 11.8 Å². The quantitative estimate of drug-likeness (QED) is 0.888. The molecule has 1 rings (SSSR count). The lowest BCUT2D eigenvalue weighted by Crippen LogP contribution is -2.23. The van der Waals surface area contributed by atoms with Crippen LogP contribution in [0, 0.1) is 0 Å². The van der Waals surface area contributed by atoms with E-state index in [4.69, 9.17) is 5.11 Å². The Balaban J connectivity index is 2.59. The second kappa shape index (κ2) is 5.95. The first kappa shape index (κ1) is 13.9. The average Bonchev–Trinajstić information content (AvgIpc) is 2.24. The molecule has 1 atom stereocenters. The molecule has 0 saturated heterocycles. The highest BCUT2D eigenvalue weighted by molar-refractivity contribution is 8.00. The summed E-state index contributed by atoms with van der Waals surface area (Å²) in [4.78, 5) is 10.8.